The van der Waals surface area contributed by atoms with Crippen LogP contribution in [-0.2, 0) is 4.74 Å². The van der Waals surface area contributed by atoms with Crippen LogP contribution in [0.4, 0.5) is 0 Å². The van der Waals surface area contributed by atoms with Gasteiger partial charge in [0.2, 0.25) is 0 Å². The highest BCUT2D eigenvalue weighted by Crippen LogP contribution is 2.22. The van der Waals surface area contributed by atoms with Gasteiger partial charge in [0.05, 0.1) is 6.61 Å². The van der Waals surface area contributed by atoms with E-state index in [1.54, 1.807) is 11.8 Å². The first-order valence-electron chi connectivity index (χ1n) is 5.85. The second-order valence-electron chi connectivity index (χ2n) is 4.79. The minimum Gasteiger partial charge on any atom is -0.361 e. The molecule has 2 heteroatoms. The minimum atomic E-state index is -0.0727. The number of allylic oxidation sites excluding steroid dienone is 3. The largest absolute Gasteiger partial charge is 0.361 e. The van der Waals surface area contributed by atoms with Gasteiger partial charge >= 0.3 is 0 Å². The lowest BCUT2D eigenvalue weighted by atomic mass is 10.1. The Morgan fingerprint density at radius 1 is 1.19 bits per heavy atom. The Bertz CT molecular complexity index is 247. The van der Waals surface area contributed by atoms with Gasteiger partial charge in [-0.2, -0.15) is 0 Å². The maximum Gasteiger partial charge on any atom is 0.108 e. The van der Waals surface area contributed by atoms with Crippen LogP contribution in [0.1, 0.15) is 47.5 Å². The molecule has 0 aliphatic carbocycles. The molecule has 16 heavy (non-hydrogen) atoms. The summed E-state index contributed by atoms with van der Waals surface area (Å²) in [7, 11) is 0. The van der Waals surface area contributed by atoms with E-state index in [1.165, 1.54) is 11.1 Å². The van der Waals surface area contributed by atoms with E-state index >= 15 is 0 Å². The van der Waals surface area contributed by atoms with Crippen molar-refractivity contribution in [1.82, 2.24) is 0 Å². The molecule has 0 spiro atoms. The van der Waals surface area contributed by atoms with Crippen molar-refractivity contribution >= 4 is 11.8 Å². The number of rotatable bonds is 7. The standard InChI is InChI=1S/C14H26OS/c1-12(2)8-7-9-13(3)10-11-15-14(4,5)16-6/h8,10H,7,9,11H2,1-6H3/b13-10+. The molecule has 0 fully saturated rings. The fourth-order valence-corrected chi connectivity index (χ4v) is 1.32. The van der Waals surface area contributed by atoms with Gasteiger partial charge in [0, 0.05) is 0 Å². The topological polar surface area (TPSA) is 9.23 Å². The lowest BCUT2D eigenvalue weighted by Gasteiger charge is -2.21. The van der Waals surface area contributed by atoms with Crippen LogP contribution in [0.25, 0.3) is 0 Å². The monoisotopic (exact) mass is 242 g/mol. The maximum absolute atomic E-state index is 5.75. The Labute approximate surface area is 105 Å². The van der Waals surface area contributed by atoms with Crippen molar-refractivity contribution in [1.29, 1.82) is 0 Å². The molecule has 0 aliphatic rings. The normalized spacial score (nSPS) is 12.8. The van der Waals surface area contributed by atoms with Crippen LogP contribution in [0.15, 0.2) is 23.3 Å². The van der Waals surface area contributed by atoms with Gasteiger partial charge in [-0.05, 0) is 53.7 Å². The van der Waals surface area contributed by atoms with Gasteiger partial charge in [-0.25, -0.2) is 0 Å². The molecule has 1 nitrogen and oxygen atoms in total. The number of thioether (sulfide) groups is 1. The summed E-state index contributed by atoms with van der Waals surface area (Å²) in [6.07, 6.45) is 8.82. The number of hydrogen-bond acceptors (Lipinski definition) is 2. The van der Waals surface area contributed by atoms with Crippen LogP contribution >= 0.6 is 11.8 Å². The second-order valence-corrected chi connectivity index (χ2v) is 6.18. The molecule has 0 heterocycles. The van der Waals surface area contributed by atoms with E-state index in [1.807, 2.05) is 0 Å². The van der Waals surface area contributed by atoms with Gasteiger partial charge in [0.15, 0.2) is 0 Å². The SMILES string of the molecule is CSC(C)(C)OC/C=C(\C)CCC=C(C)C. The first kappa shape index (κ1) is 15.8. The average Bonchev–Trinajstić information content (AvgIpc) is 2.17. The quantitative estimate of drug-likeness (QED) is 0.469. The Balaban J connectivity index is 3.83. The zero-order chi connectivity index (χ0) is 12.6. The van der Waals surface area contributed by atoms with E-state index in [9.17, 15) is 0 Å². The molecule has 0 radical (unpaired) electrons. The molecule has 0 aromatic heterocycles. The summed E-state index contributed by atoms with van der Waals surface area (Å²) in [5.41, 5.74) is 2.81. The molecule has 0 saturated heterocycles. The molecule has 0 aliphatic heterocycles. The van der Waals surface area contributed by atoms with E-state index < -0.39 is 0 Å². The fraction of sp³-hybridized carbons (Fsp3) is 0.714. The number of hydrogen-bond donors (Lipinski definition) is 0. The van der Waals surface area contributed by atoms with Crippen molar-refractivity contribution in [3.05, 3.63) is 23.3 Å². The van der Waals surface area contributed by atoms with Gasteiger partial charge < -0.3 is 4.74 Å². The molecular weight excluding hydrogens is 216 g/mol. The summed E-state index contributed by atoms with van der Waals surface area (Å²) in [6, 6.07) is 0. The van der Waals surface area contributed by atoms with Crippen molar-refractivity contribution in [3.63, 3.8) is 0 Å². The highest BCUT2D eigenvalue weighted by Gasteiger charge is 2.14. The first-order chi connectivity index (χ1) is 7.37. The molecule has 0 saturated carbocycles. The Morgan fingerprint density at radius 2 is 1.81 bits per heavy atom. The molecule has 94 valence electrons. The zero-order valence-electron chi connectivity index (χ0n) is 11.6. The Hall–Kier alpha value is -0.210. The van der Waals surface area contributed by atoms with E-state index in [0.717, 1.165) is 12.8 Å². The number of ether oxygens (including phenoxy) is 1. The highest BCUT2D eigenvalue weighted by atomic mass is 32.2. The van der Waals surface area contributed by atoms with Crippen molar-refractivity contribution in [2.24, 2.45) is 0 Å². The minimum absolute atomic E-state index is 0.0727. The van der Waals surface area contributed by atoms with Crippen LogP contribution in [0.3, 0.4) is 0 Å². The van der Waals surface area contributed by atoms with Gasteiger partial charge in [0.1, 0.15) is 4.93 Å². The zero-order valence-corrected chi connectivity index (χ0v) is 12.4. The van der Waals surface area contributed by atoms with Crippen molar-refractivity contribution in [2.45, 2.75) is 52.4 Å². The molecule has 0 atom stereocenters. The van der Waals surface area contributed by atoms with Gasteiger partial charge in [-0.15, -0.1) is 11.8 Å². The third-order valence-electron chi connectivity index (χ3n) is 2.45. The summed E-state index contributed by atoms with van der Waals surface area (Å²) in [5.74, 6) is 0. The Kier molecular flexibility index (Phi) is 7.86. The molecule has 0 aromatic rings. The molecule has 0 amide bonds. The predicted octanol–water partition coefficient (Wildman–Crippen LogP) is 4.79. The summed E-state index contributed by atoms with van der Waals surface area (Å²) in [5, 5.41) is 0. The van der Waals surface area contributed by atoms with Crippen LogP contribution in [0.5, 0.6) is 0 Å². The first-order valence-corrected chi connectivity index (χ1v) is 7.08. The summed E-state index contributed by atoms with van der Waals surface area (Å²) in [4.78, 5) is -0.0727. The van der Waals surface area contributed by atoms with Gasteiger partial charge in [-0.1, -0.05) is 23.3 Å². The summed E-state index contributed by atoms with van der Waals surface area (Å²) >= 11 is 1.74. The van der Waals surface area contributed by atoms with E-state index in [-0.39, 0.29) is 4.93 Å². The van der Waals surface area contributed by atoms with Crippen LogP contribution in [0, 0.1) is 0 Å². The van der Waals surface area contributed by atoms with Crippen LogP contribution in [-0.4, -0.2) is 17.8 Å². The Morgan fingerprint density at radius 3 is 2.31 bits per heavy atom. The summed E-state index contributed by atoms with van der Waals surface area (Å²) in [6.45, 7) is 11.4. The lowest BCUT2D eigenvalue weighted by molar-refractivity contribution is 0.0741. The molecule has 0 rings (SSSR count). The van der Waals surface area contributed by atoms with Crippen molar-refractivity contribution < 1.29 is 4.74 Å². The van der Waals surface area contributed by atoms with Crippen LogP contribution in [0.2, 0.25) is 0 Å². The molecule has 0 N–H and O–H groups in total. The van der Waals surface area contributed by atoms with Crippen molar-refractivity contribution in [3.8, 4) is 0 Å². The van der Waals surface area contributed by atoms with E-state index in [0.29, 0.717) is 6.61 Å². The third kappa shape index (κ3) is 9.05. The van der Waals surface area contributed by atoms with E-state index in [2.05, 4.69) is 53.0 Å². The fourth-order valence-electron chi connectivity index (χ4n) is 1.13. The molecule has 0 unspecified atom stereocenters. The van der Waals surface area contributed by atoms with Gasteiger partial charge in [-0.3, -0.25) is 0 Å². The van der Waals surface area contributed by atoms with Crippen LogP contribution < -0.4 is 0 Å². The summed E-state index contributed by atoms with van der Waals surface area (Å²) < 4.78 is 5.75. The lowest BCUT2D eigenvalue weighted by Crippen LogP contribution is -2.19. The second kappa shape index (κ2) is 7.97. The molecule has 0 bridgehead atoms. The molecule has 0 aromatic carbocycles. The highest BCUT2D eigenvalue weighted by molar-refractivity contribution is 7.99. The van der Waals surface area contributed by atoms with E-state index in [4.69, 9.17) is 4.74 Å². The third-order valence-corrected chi connectivity index (χ3v) is 3.55. The average molecular weight is 242 g/mol. The molecular formula is C14H26OS. The van der Waals surface area contributed by atoms with Crippen molar-refractivity contribution in [2.75, 3.05) is 12.9 Å². The van der Waals surface area contributed by atoms with Gasteiger partial charge in [0.25, 0.3) is 0 Å². The maximum atomic E-state index is 5.75. The smallest absolute Gasteiger partial charge is 0.108 e. The predicted molar refractivity (Wildman–Crippen MR) is 76.0 cm³/mol.